The average Bonchev–Trinajstić information content (AvgIpc) is 3.55. The number of rotatable bonds is 10. The second kappa shape index (κ2) is 11.7. The van der Waals surface area contributed by atoms with E-state index in [9.17, 15) is 14.9 Å². The summed E-state index contributed by atoms with van der Waals surface area (Å²) in [5.74, 6) is -1.12. The van der Waals surface area contributed by atoms with Gasteiger partial charge in [-0.15, -0.1) is 34.0 Å². The van der Waals surface area contributed by atoms with E-state index in [0.717, 1.165) is 21.9 Å². The molecule has 3 aromatic rings. The van der Waals surface area contributed by atoms with Crippen molar-refractivity contribution in [3.63, 3.8) is 0 Å². The number of nitrogens with zero attached hydrogens (tertiary/aromatic N) is 2. The van der Waals surface area contributed by atoms with Crippen LogP contribution in [0, 0.1) is 18.3 Å². The monoisotopic (exact) mass is 503 g/mol. The second-order valence-electron chi connectivity index (χ2n) is 6.44. The minimum Gasteiger partial charge on any atom is -0.462 e. The van der Waals surface area contributed by atoms with Crippen molar-refractivity contribution < 1.29 is 23.8 Å². The second-order valence-corrected chi connectivity index (χ2v) is 9.27. The highest BCUT2D eigenvalue weighted by atomic mass is 32.1. The molecule has 8 nitrogen and oxygen atoms in total. The molecule has 33 heavy (non-hydrogen) atoms. The first-order valence-corrected chi connectivity index (χ1v) is 12.4. The van der Waals surface area contributed by atoms with Gasteiger partial charge in [0, 0.05) is 18.7 Å². The Kier molecular flexibility index (Phi) is 8.73. The van der Waals surface area contributed by atoms with E-state index >= 15 is 0 Å². The van der Waals surface area contributed by atoms with E-state index in [1.165, 1.54) is 24.6 Å². The third-order valence-electron chi connectivity index (χ3n) is 4.31. The summed E-state index contributed by atoms with van der Waals surface area (Å²) in [6, 6.07) is 6.04. The van der Waals surface area contributed by atoms with E-state index < -0.39 is 11.9 Å². The van der Waals surface area contributed by atoms with Crippen LogP contribution < -0.4 is 5.32 Å². The Balaban J connectivity index is 1.89. The van der Waals surface area contributed by atoms with Crippen LogP contribution in [0.15, 0.2) is 29.1 Å². The number of hydrogen-bond acceptors (Lipinski definition) is 11. The molecule has 172 valence electrons. The molecule has 0 bridgehead atoms. The zero-order valence-electron chi connectivity index (χ0n) is 18.2. The highest BCUT2D eigenvalue weighted by Gasteiger charge is 2.26. The van der Waals surface area contributed by atoms with Gasteiger partial charge in [0.05, 0.1) is 29.3 Å². The molecule has 0 unspecified atom stereocenters. The van der Waals surface area contributed by atoms with Crippen LogP contribution in [0.2, 0.25) is 0 Å². The maximum absolute atomic E-state index is 12.6. The van der Waals surface area contributed by atoms with E-state index in [-0.39, 0.29) is 30.3 Å². The van der Waals surface area contributed by atoms with Crippen molar-refractivity contribution >= 4 is 56.5 Å². The molecule has 0 aliphatic heterocycles. The number of carbonyl (C=O) groups excluding carboxylic acids is 2. The number of allylic oxidation sites excluding steroid dienone is 1. The van der Waals surface area contributed by atoms with Gasteiger partial charge in [-0.2, -0.15) is 5.26 Å². The molecule has 0 aliphatic rings. The Bertz CT molecular complexity index is 1190. The van der Waals surface area contributed by atoms with Gasteiger partial charge in [0.2, 0.25) is 0 Å². The van der Waals surface area contributed by atoms with E-state index in [0.29, 0.717) is 21.1 Å². The fraction of sp³-hybridized carbons (Fsp3) is 0.273. The first kappa shape index (κ1) is 24.6. The number of hydrogen-bond donors (Lipinski definition) is 1. The molecule has 0 amide bonds. The van der Waals surface area contributed by atoms with Crippen molar-refractivity contribution in [2.75, 3.05) is 32.2 Å². The predicted molar refractivity (Wildman–Crippen MR) is 130 cm³/mol. The topological polar surface area (TPSA) is 111 Å². The number of nitrogens with one attached hydrogen (secondary N) is 1. The number of aromatic nitrogens is 1. The smallest absolute Gasteiger partial charge is 0.348 e. The van der Waals surface area contributed by atoms with Gasteiger partial charge < -0.3 is 19.5 Å². The summed E-state index contributed by atoms with van der Waals surface area (Å²) in [6.45, 7) is 3.91. The standard InChI is InChI=1S/C22H21N3O5S3/c1-4-29-21(26)17-13(2)18(22(27)30-8-7-28-3)33-20(17)24-11-14(10-23)19-25-15(12-32-19)16-6-5-9-31-16/h5-6,9,11-12,24H,4,7-8H2,1-3H3. The minimum atomic E-state index is -0.564. The fourth-order valence-electron chi connectivity index (χ4n) is 2.76. The molecule has 0 aromatic carbocycles. The zero-order valence-corrected chi connectivity index (χ0v) is 20.6. The lowest BCUT2D eigenvalue weighted by molar-refractivity contribution is 0.0393. The van der Waals surface area contributed by atoms with Crippen LogP contribution in [-0.4, -0.2) is 43.9 Å². The number of esters is 2. The fourth-order valence-corrected chi connectivity index (χ4v) is 5.36. The molecule has 3 heterocycles. The first-order valence-electron chi connectivity index (χ1n) is 9.83. The summed E-state index contributed by atoms with van der Waals surface area (Å²) in [5, 5.41) is 17.4. The quantitative estimate of drug-likeness (QED) is 0.228. The number of methoxy groups -OCH3 is 1. The summed E-state index contributed by atoms with van der Waals surface area (Å²) >= 11 is 3.98. The molecular formula is C22H21N3O5S3. The van der Waals surface area contributed by atoms with Crippen molar-refractivity contribution in [1.29, 1.82) is 5.26 Å². The van der Waals surface area contributed by atoms with E-state index in [4.69, 9.17) is 14.2 Å². The number of ether oxygens (including phenoxy) is 3. The first-order chi connectivity index (χ1) is 16.0. The van der Waals surface area contributed by atoms with Gasteiger partial charge in [0.25, 0.3) is 0 Å². The van der Waals surface area contributed by atoms with E-state index in [2.05, 4.69) is 16.4 Å². The molecule has 0 saturated carbocycles. The minimum absolute atomic E-state index is 0.0965. The largest absolute Gasteiger partial charge is 0.462 e. The van der Waals surface area contributed by atoms with E-state index in [1.807, 2.05) is 22.9 Å². The lowest BCUT2D eigenvalue weighted by Gasteiger charge is -2.05. The van der Waals surface area contributed by atoms with Gasteiger partial charge in [-0.1, -0.05) is 6.07 Å². The highest BCUT2D eigenvalue weighted by molar-refractivity contribution is 7.18. The third-order valence-corrected chi connectivity index (χ3v) is 7.28. The van der Waals surface area contributed by atoms with Crippen molar-refractivity contribution in [2.45, 2.75) is 13.8 Å². The Morgan fingerprint density at radius 1 is 1.24 bits per heavy atom. The van der Waals surface area contributed by atoms with E-state index in [1.54, 1.807) is 25.2 Å². The van der Waals surface area contributed by atoms with Crippen molar-refractivity contribution in [1.82, 2.24) is 4.98 Å². The molecule has 0 atom stereocenters. The SMILES string of the molecule is CCOC(=O)c1c(NC=C(C#N)c2nc(-c3cccs3)cs2)sc(C(=O)OCCOC)c1C. The number of anilines is 1. The maximum atomic E-state index is 12.6. The molecule has 3 rings (SSSR count). The summed E-state index contributed by atoms with van der Waals surface area (Å²) in [5.41, 5.74) is 1.77. The van der Waals surface area contributed by atoms with Gasteiger partial charge in [-0.25, -0.2) is 14.6 Å². The number of thiazole rings is 1. The van der Waals surface area contributed by atoms with Crippen LogP contribution in [-0.2, 0) is 14.2 Å². The maximum Gasteiger partial charge on any atom is 0.348 e. The van der Waals surface area contributed by atoms with Crippen LogP contribution in [0.3, 0.4) is 0 Å². The van der Waals surface area contributed by atoms with Gasteiger partial charge in [0.1, 0.15) is 33.1 Å². The zero-order chi connectivity index (χ0) is 23.8. The van der Waals surface area contributed by atoms with Crippen LogP contribution >= 0.6 is 34.0 Å². The molecule has 3 aromatic heterocycles. The third kappa shape index (κ3) is 5.85. The van der Waals surface area contributed by atoms with Gasteiger partial charge in [0.15, 0.2) is 0 Å². The van der Waals surface area contributed by atoms with Crippen LogP contribution in [0.1, 0.15) is 37.5 Å². The van der Waals surface area contributed by atoms with Crippen LogP contribution in [0.4, 0.5) is 5.00 Å². The normalized spacial score (nSPS) is 11.2. The van der Waals surface area contributed by atoms with Gasteiger partial charge in [-0.05, 0) is 30.9 Å². The Labute approximate surface area is 203 Å². The number of carbonyl (C=O) groups is 2. The summed E-state index contributed by atoms with van der Waals surface area (Å²) in [7, 11) is 1.51. The van der Waals surface area contributed by atoms with Crippen molar-refractivity contribution in [2.24, 2.45) is 0 Å². The molecule has 11 heteroatoms. The van der Waals surface area contributed by atoms with Gasteiger partial charge >= 0.3 is 11.9 Å². The van der Waals surface area contributed by atoms with Crippen molar-refractivity contribution in [3.8, 4) is 16.6 Å². The lowest BCUT2D eigenvalue weighted by Crippen LogP contribution is -2.11. The van der Waals surface area contributed by atoms with Crippen molar-refractivity contribution in [3.05, 3.63) is 50.1 Å². The highest BCUT2D eigenvalue weighted by Crippen LogP contribution is 2.35. The molecule has 0 fully saturated rings. The van der Waals surface area contributed by atoms with Crippen LogP contribution in [0.5, 0.6) is 0 Å². The number of thiophene rings is 2. The molecule has 0 aliphatic carbocycles. The molecule has 0 spiro atoms. The average molecular weight is 504 g/mol. The Morgan fingerprint density at radius 3 is 2.73 bits per heavy atom. The summed E-state index contributed by atoms with van der Waals surface area (Å²) in [4.78, 5) is 30.9. The lowest BCUT2D eigenvalue weighted by atomic mass is 10.1. The number of nitriles is 1. The molecule has 0 radical (unpaired) electrons. The van der Waals surface area contributed by atoms with Gasteiger partial charge in [-0.3, -0.25) is 0 Å². The molecule has 1 N–H and O–H groups in total. The Hall–Kier alpha value is -3.04. The molecular weight excluding hydrogens is 482 g/mol. The molecule has 0 saturated heterocycles. The predicted octanol–water partition coefficient (Wildman–Crippen LogP) is 5.20. The summed E-state index contributed by atoms with van der Waals surface area (Å²) < 4.78 is 15.3. The van der Waals surface area contributed by atoms with Crippen LogP contribution in [0.25, 0.3) is 16.1 Å². The summed E-state index contributed by atoms with van der Waals surface area (Å²) in [6.07, 6.45) is 1.48. The Morgan fingerprint density at radius 2 is 2.06 bits per heavy atom.